The van der Waals surface area contributed by atoms with E-state index in [2.05, 4.69) is 0 Å². The van der Waals surface area contributed by atoms with Gasteiger partial charge in [-0.2, -0.15) is 9.57 Å². The maximum atomic E-state index is 12.5. The molecule has 1 fully saturated rings. The van der Waals surface area contributed by atoms with Crippen LogP contribution < -0.4 is 0 Å². The zero-order valence-electron chi connectivity index (χ0n) is 10.8. The smallest absolute Gasteiger partial charge is 0.207 e. The lowest BCUT2D eigenvalue weighted by Gasteiger charge is -2.24. The molecule has 1 atom stereocenters. The Labute approximate surface area is 118 Å². The highest BCUT2D eigenvalue weighted by molar-refractivity contribution is 7.89. The summed E-state index contributed by atoms with van der Waals surface area (Å²) in [5, 5.41) is 8.86. The third-order valence-corrected chi connectivity index (χ3v) is 6.02. The Morgan fingerprint density at radius 1 is 1.47 bits per heavy atom. The largest absolute Gasteiger partial charge is 0.244 e. The van der Waals surface area contributed by atoms with Gasteiger partial charge in [-0.15, -0.1) is 0 Å². The molecule has 0 bridgehead atoms. The number of rotatable bonds is 4. The van der Waals surface area contributed by atoms with Gasteiger partial charge in [0.15, 0.2) is 0 Å². The molecule has 0 heterocycles. The van der Waals surface area contributed by atoms with E-state index < -0.39 is 10.0 Å². The van der Waals surface area contributed by atoms with Gasteiger partial charge in [-0.1, -0.05) is 11.6 Å². The van der Waals surface area contributed by atoms with Gasteiger partial charge in [-0.25, -0.2) is 8.42 Å². The first-order valence-corrected chi connectivity index (χ1v) is 7.87. The summed E-state index contributed by atoms with van der Waals surface area (Å²) in [6.07, 6.45) is 2.14. The second kappa shape index (κ2) is 5.12. The quantitative estimate of drug-likeness (QED) is 0.858. The van der Waals surface area contributed by atoms with Crippen LogP contribution in [0.4, 0.5) is 0 Å². The standard InChI is InChI=1S/C13H15ClN2O2S/c1-9(11-4-5-11)16(2)19(17,18)13-6-3-10(8-15)7-12(13)14/h3,6-7,9,11H,4-5H2,1-2H3. The second-order valence-electron chi connectivity index (χ2n) is 4.86. The summed E-state index contributed by atoms with van der Waals surface area (Å²) in [5.74, 6) is 0.442. The Balaban J connectivity index is 2.36. The fraction of sp³-hybridized carbons (Fsp3) is 0.462. The number of nitriles is 1. The van der Waals surface area contributed by atoms with E-state index >= 15 is 0 Å². The molecule has 0 N–H and O–H groups in total. The fourth-order valence-electron chi connectivity index (χ4n) is 2.03. The molecule has 1 saturated carbocycles. The van der Waals surface area contributed by atoms with Crippen LogP contribution in [-0.4, -0.2) is 25.8 Å². The lowest BCUT2D eigenvalue weighted by atomic mass is 10.2. The Kier molecular flexibility index (Phi) is 3.86. The van der Waals surface area contributed by atoms with Crippen LogP contribution in [0, 0.1) is 17.2 Å². The van der Waals surface area contributed by atoms with Crippen molar-refractivity contribution in [1.29, 1.82) is 5.26 Å². The molecule has 0 spiro atoms. The summed E-state index contributed by atoms with van der Waals surface area (Å²) in [6, 6.07) is 6.14. The Morgan fingerprint density at radius 2 is 2.11 bits per heavy atom. The molecule has 0 amide bonds. The number of sulfonamides is 1. The van der Waals surface area contributed by atoms with Crippen LogP contribution in [0.1, 0.15) is 25.3 Å². The first-order valence-electron chi connectivity index (χ1n) is 6.05. The summed E-state index contributed by atoms with van der Waals surface area (Å²) in [6.45, 7) is 1.91. The van der Waals surface area contributed by atoms with E-state index in [0.29, 0.717) is 11.5 Å². The monoisotopic (exact) mass is 298 g/mol. The van der Waals surface area contributed by atoms with E-state index in [4.69, 9.17) is 16.9 Å². The molecule has 0 aromatic heterocycles. The van der Waals surface area contributed by atoms with E-state index in [9.17, 15) is 8.42 Å². The van der Waals surface area contributed by atoms with Crippen LogP contribution in [0.5, 0.6) is 0 Å². The summed E-state index contributed by atoms with van der Waals surface area (Å²) >= 11 is 5.98. The van der Waals surface area contributed by atoms with Crippen LogP contribution in [0.15, 0.2) is 23.1 Å². The Hall–Kier alpha value is -1.09. The molecule has 19 heavy (non-hydrogen) atoms. The van der Waals surface area contributed by atoms with E-state index in [1.54, 1.807) is 7.05 Å². The van der Waals surface area contributed by atoms with Crippen molar-refractivity contribution in [3.05, 3.63) is 28.8 Å². The van der Waals surface area contributed by atoms with Crippen molar-refractivity contribution >= 4 is 21.6 Å². The molecule has 1 unspecified atom stereocenters. The third kappa shape index (κ3) is 2.76. The van der Waals surface area contributed by atoms with Gasteiger partial charge in [0.1, 0.15) is 4.90 Å². The van der Waals surface area contributed by atoms with Crippen molar-refractivity contribution < 1.29 is 8.42 Å². The molecule has 1 aliphatic rings. The third-order valence-electron chi connectivity index (χ3n) is 3.60. The molecular weight excluding hydrogens is 284 g/mol. The van der Waals surface area contributed by atoms with Gasteiger partial charge in [0, 0.05) is 13.1 Å². The molecule has 4 nitrogen and oxygen atoms in total. The van der Waals surface area contributed by atoms with Gasteiger partial charge in [0.2, 0.25) is 10.0 Å². The molecule has 2 rings (SSSR count). The second-order valence-corrected chi connectivity index (χ2v) is 7.23. The zero-order valence-corrected chi connectivity index (χ0v) is 12.4. The van der Waals surface area contributed by atoms with Gasteiger partial charge in [0.05, 0.1) is 16.7 Å². The average Bonchev–Trinajstić information content (AvgIpc) is 3.20. The number of nitrogens with zero attached hydrogens (tertiary/aromatic N) is 2. The van der Waals surface area contributed by atoms with Crippen molar-refractivity contribution in [1.82, 2.24) is 4.31 Å². The van der Waals surface area contributed by atoms with Gasteiger partial charge in [0.25, 0.3) is 0 Å². The SMILES string of the molecule is CC(C1CC1)N(C)S(=O)(=O)c1ccc(C#N)cc1Cl. The lowest BCUT2D eigenvalue weighted by Crippen LogP contribution is -2.36. The molecule has 102 valence electrons. The van der Waals surface area contributed by atoms with E-state index in [1.807, 2.05) is 13.0 Å². The van der Waals surface area contributed by atoms with Crippen molar-refractivity contribution in [2.24, 2.45) is 5.92 Å². The lowest BCUT2D eigenvalue weighted by molar-refractivity contribution is 0.357. The highest BCUT2D eigenvalue weighted by atomic mass is 35.5. The minimum Gasteiger partial charge on any atom is -0.207 e. The van der Waals surface area contributed by atoms with Crippen LogP contribution in [0.3, 0.4) is 0 Å². The van der Waals surface area contributed by atoms with Gasteiger partial charge >= 0.3 is 0 Å². The van der Waals surface area contributed by atoms with Crippen LogP contribution in [-0.2, 0) is 10.0 Å². The minimum atomic E-state index is -3.61. The van der Waals surface area contributed by atoms with E-state index in [0.717, 1.165) is 12.8 Å². The maximum absolute atomic E-state index is 12.5. The predicted octanol–water partition coefficient (Wildman–Crippen LogP) is 2.63. The predicted molar refractivity (Wildman–Crippen MR) is 73.3 cm³/mol. The molecule has 0 radical (unpaired) electrons. The van der Waals surface area contributed by atoms with Crippen LogP contribution >= 0.6 is 11.6 Å². The maximum Gasteiger partial charge on any atom is 0.244 e. The molecule has 1 aromatic rings. The van der Waals surface area contributed by atoms with Crippen LogP contribution in [0.25, 0.3) is 0 Å². The normalized spacial score (nSPS) is 17.2. The summed E-state index contributed by atoms with van der Waals surface area (Å²) < 4.78 is 26.3. The van der Waals surface area contributed by atoms with E-state index in [-0.39, 0.29) is 16.0 Å². The molecule has 6 heteroatoms. The minimum absolute atomic E-state index is 0.0308. The summed E-state index contributed by atoms with van der Waals surface area (Å²) in [4.78, 5) is 0.0585. The van der Waals surface area contributed by atoms with Crippen molar-refractivity contribution in [2.75, 3.05) is 7.05 Å². The summed E-state index contributed by atoms with van der Waals surface area (Å²) in [5.41, 5.74) is 0.349. The first-order chi connectivity index (χ1) is 8.87. The van der Waals surface area contributed by atoms with Crippen molar-refractivity contribution in [3.8, 4) is 6.07 Å². The number of hydrogen-bond acceptors (Lipinski definition) is 3. The van der Waals surface area contributed by atoms with Gasteiger partial charge < -0.3 is 0 Å². The Bertz CT molecular complexity index is 633. The van der Waals surface area contributed by atoms with Crippen molar-refractivity contribution in [3.63, 3.8) is 0 Å². The van der Waals surface area contributed by atoms with Crippen LogP contribution in [0.2, 0.25) is 5.02 Å². The molecule has 0 aliphatic heterocycles. The molecular formula is C13H15ClN2O2S. The molecule has 0 saturated heterocycles. The van der Waals surface area contributed by atoms with Gasteiger partial charge in [-0.3, -0.25) is 0 Å². The van der Waals surface area contributed by atoms with E-state index in [1.165, 1.54) is 22.5 Å². The highest BCUT2D eigenvalue weighted by Crippen LogP contribution is 2.37. The highest BCUT2D eigenvalue weighted by Gasteiger charge is 2.36. The average molecular weight is 299 g/mol. The van der Waals surface area contributed by atoms with Gasteiger partial charge in [-0.05, 0) is 43.9 Å². The Morgan fingerprint density at radius 3 is 2.58 bits per heavy atom. The molecule has 1 aliphatic carbocycles. The molecule has 1 aromatic carbocycles. The number of halogens is 1. The fourth-order valence-corrected chi connectivity index (χ4v) is 3.97. The summed E-state index contributed by atoms with van der Waals surface area (Å²) in [7, 11) is -2.03. The number of benzene rings is 1. The van der Waals surface area contributed by atoms with Crippen molar-refractivity contribution in [2.45, 2.75) is 30.7 Å². The zero-order chi connectivity index (χ0) is 14.2. The first kappa shape index (κ1) is 14.3. The number of hydrogen-bond donors (Lipinski definition) is 0. The topological polar surface area (TPSA) is 61.2 Å².